The van der Waals surface area contributed by atoms with E-state index < -0.39 is 10.8 Å². The summed E-state index contributed by atoms with van der Waals surface area (Å²) in [5, 5.41) is 0. The summed E-state index contributed by atoms with van der Waals surface area (Å²) in [4.78, 5) is 40.9. The van der Waals surface area contributed by atoms with Gasteiger partial charge in [0.1, 0.15) is 11.2 Å². The molecule has 5 heteroatoms. The van der Waals surface area contributed by atoms with Crippen molar-refractivity contribution in [3.8, 4) is 0 Å². The van der Waals surface area contributed by atoms with E-state index in [1.807, 2.05) is 20.2 Å². The first-order valence-corrected chi connectivity index (χ1v) is 13.0. The summed E-state index contributed by atoms with van der Waals surface area (Å²) in [5.74, 6) is 0.491. The fourth-order valence-corrected chi connectivity index (χ4v) is 8.22. The highest BCUT2D eigenvalue weighted by Gasteiger charge is 2.68. The molecule has 1 aromatic carbocycles. The van der Waals surface area contributed by atoms with Crippen molar-refractivity contribution in [1.82, 2.24) is 0 Å². The molecular weight excluding hydrogens is 438 g/mol. The van der Waals surface area contributed by atoms with Crippen LogP contribution in [0.1, 0.15) is 70.3 Å². The zero-order valence-corrected chi connectivity index (χ0v) is 21.6. The van der Waals surface area contributed by atoms with Gasteiger partial charge in [0.15, 0.2) is 5.78 Å². The Bertz CT molecular complexity index is 1140. The number of anilines is 1. The number of Topliss-reactive ketones (excluding diaryl/α,β-unsaturated/α-hetero) is 1. The van der Waals surface area contributed by atoms with Gasteiger partial charge >= 0.3 is 5.97 Å². The van der Waals surface area contributed by atoms with Crippen molar-refractivity contribution >= 4 is 23.2 Å². The lowest BCUT2D eigenvalue weighted by Crippen LogP contribution is -2.54. The number of ketones is 2. The minimum atomic E-state index is -1.09. The van der Waals surface area contributed by atoms with Gasteiger partial charge in [0.05, 0.1) is 7.11 Å². The van der Waals surface area contributed by atoms with E-state index in [0.29, 0.717) is 18.8 Å². The standard InChI is InChI=1S/C30H37NO4/c1-18(32)30(28(34)35-5)15-14-26-24-12-8-20-16-22(33)11-13-23(20)27(24)25(17-29(26,30)2)19-6-9-21(10-7-19)31(3)4/h6-7,9-10,16,24-26H,8,11-15,17H2,1-5H3/t24-,25+,26-,29-,30+/m0/s1. The van der Waals surface area contributed by atoms with Crippen LogP contribution in [0.4, 0.5) is 5.69 Å². The van der Waals surface area contributed by atoms with E-state index in [4.69, 9.17) is 4.74 Å². The topological polar surface area (TPSA) is 63.7 Å². The van der Waals surface area contributed by atoms with E-state index in [1.165, 1.54) is 29.4 Å². The Labute approximate surface area is 208 Å². The number of ether oxygens (including phenoxy) is 1. The molecule has 2 fully saturated rings. The van der Waals surface area contributed by atoms with Gasteiger partial charge in [0.2, 0.25) is 0 Å². The molecule has 0 saturated heterocycles. The van der Waals surface area contributed by atoms with Crippen molar-refractivity contribution in [2.75, 3.05) is 26.1 Å². The number of hydrogen-bond donors (Lipinski definition) is 0. The molecule has 4 aliphatic carbocycles. The quantitative estimate of drug-likeness (QED) is 0.431. The Morgan fingerprint density at radius 2 is 1.77 bits per heavy atom. The fraction of sp³-hybridized carbons (Fsp3) is 0.567. The Balaban J connectivity index is 1.70. The van der Waals surface area contributed by atoms with Gasteiger partial charge in [-0.3, -0.25) is 14.4 Å². The number of esters is 1. The van der Waals surface area contributed by atoms with E-state index in [0.717, 1.165) is 37.8 Å². The van der Waals surface area contributed by atoms with E-state index in [9.17, 15) is 14.4 Å². The molecule has 0 bridgehead atoms. The van der Waals surface area contributed by atoms with E-state index in [1.54, 1.807) is 6.92 Å². The first kappa shape index (κ1) is 24.0. The van der Waals surface area contributed by atoms with Crippen LogP contribution in [0.25, 0.3) is 0 Å². The number of carbonyl (C=O) groups is 3. The van der Waals surface area contributed by atoms with Crippen molar-refractivity contribution < 1.29 is 19.1 Å². The van der Waals surface area contributed by atoms with Crippen LogP contribution in [0.2, 0.25) is 0 Å². The van der Waals surface area contributed by atoms with Crippen LogP contribution in [0.3, 0.4) is 0 Å². The molecule has 35 heavy (non-hydrogen) atoms. The van der Waals surface area contributed by atoms with Gasteiger partial charge in [0.25, 0.3) is 0 Å². The zero-order valence-electron chi connectivity index (χ0n) is 21.6. The largest absolute Gasteiger partial charge is 0.468 e. The van der Waals surface area contributed by atoms with Gasteiger partial charge in [-0.2, -0.15) is 0 Å². The summed E-state index contributed by atoms with van der Waals surface area (Å²) in [5.41, 5.74) is 4.87. The molecule has 0 amide bonds. The molecule has 0 aliphatic heterocycles. The summed E-state index contributed by atoms with van der Waals surface area (Å²) in [6.45, 7) is 3.76. The molecular formula is C30H37NO4. The summed E-state index contributed by atoms with van der Waals surface area (Å²) in [7, 11) is 5.48. The Kier molecular flexibility index (Phi) is 5.81. The molecule has 2 saturated carbocycles. The first-order chi connectivity index (χ1) is 16.6. The number of fused-ring (bicyclic) bond motifs is 4. The molecule has 0 unspecified atom stereocenters. The number of methoxy groups -OCH3 is 1. The molecule has 1 aromatic rings. The molecule has 0 radical (unpaired) electrons. The minimum Gasteiger partial charge on any atom is -0.468 e. The van der Waals surface area contributed by atoms with Gasteiger partial charge < -0.3 is 9.64 Å². The summed E-state index contributed by atoms with van der Waals surface area (Å²) >= 11 is 0. The second-order valence-corrected chi connectivity index (χ2v) is 11.5. The van der Waals surface area contributed by atoms with Gasteiger partial charge in [-0.25, -0.2) is 0 Å². The first-order valence-electron chi connectivity index (χ1n) is 13.0. The molecule has 0 aromatic heterocycles. The monoisotopic (exact) mass is 475 g/mol. The van der Waals surface area contributed by atoms with Crippen LogP contribution in [-0.2, 0) is 19.1 Å². The van der Waals surface area contributed by atoms with Gasteiger partial charge in [-0.05, 0) is 97.6 Å². The summed E-state index contributed by atoms with van der Waals surface area (Å²) in [6, 6.07) is 8.73. The molecule has 0 heterocycles. The van der Waals surface area contributed by atoms with Gasteiger partial charge in [-0.1, -0.05) is 24.6 Å². The third-order valence-corrected chi connectivity index (χ3v) is 9.88. The summed E-state index contributed by atoms with van der Waals surface area (Å²) in [6.07, 6.45) is 7.29. The van der Waals surface area contributed by atoms with Crippen molar-refractivity contribution in [2.24, 2.45) is 22.7 Å². The Morgan fingerprint density at radius 3 is 2.40 bits per heavy atom. The fourth-order valence-electron chi connectivity index (χ4n) is 8.22. The van der Waals surface area contributed by atoms with Gasteiger partial charge in [-0.15, -0.1) is 0 Å². The third-order valence-electron chi connectivity index (χ3n) is 9.88. The van der Waals surface area contributed by atoms with Crippen molar-refractivity contribution in [3.63, 3.8) is 0 Å². The highest BCUT2D eigenvalue weighted by atomic mass is 16.5. The number of carbonyl (C=O) groups excluding carboxylic acids is 3. The lowest BCUT2D eigenvalue weighted by molar-refractivity contribution is -0.168. The highest BCUT2D eigenvalue weighted by Crippen LogP contribution is 2.70. The number of rotatable bonds is 4. The van der Waals surface area contributed by atoms with Crippen molar-refractivity contribution in [3.05, 3.63) is 52.6 Å². The predicted molar refractivity (Wildman–Crippen MR) is 136 cm³/mol. The van der Waals surface area contributed by atoms with Gasteiger partial charge in [0, 0.05) is 32.1 Å². The molecule has 5 rings (SSSR count). The zero-order chi connectivity index (χ0) is 25.1. The second-order valence-electron chi connectivity index (χ2n) is 11.5. The second kappa shape index (κ2) is 8.46. The van der Waals surface area contributed by atoms with Crippen LogP contribution >= 0.6 is 0 Å². The van der Waals surface area contributed by atoms with Crippen LogP contribution < -0.4 is 4.90 Å². The maximum Gasteiger partial charge on any atom is 0.319 e. The minimum absolute atomic E-state index is 0.0631. The summed E-state index contributed by atoms with van der Waals surface area (Å²) < 4.78 is 5.31. The lowest BCUT2D eigenvalue weighted by Gasteiger charge is -2.54. The smallest absolute Gasteiger partial charge is 0.319 e. The number of hydrogen-bond acceptors (Lipinski definition) is 5. The maximum absolute atomic E-state index is 13.3. The highest BCUT2D eigenvalue weighted by molar-refractivity contribution is 6.04. The molecule has 0 spiro atoms. The average Bonchev–Trinajstić information content (AvgIpc) is 3.16. The molecule has 4 aliphatic rings. The Morgan fingerprint density at radius 1 is 1.06 bits per heavy atom. The van der Waals surface area contributed by atoms with Crippen LogP contribution in [0.5, 0.6) is 0 Å². The third kappa shape index (κ3) is 3.37. The van der Waals surface area contributed by atoms with Crippen molar-refractivity contribution in [2.45, 2.75) is 64.7 Å². The molecule has 186 valence electrons. The predicted octanol–water partition coefficient (Wildman–Crippen LogP) is 5.40. The number of benzene rings is 1. The SMILES string of the molecule is COC(=O)[C@]1(C(C)=O)CC[C@H]2[C@@H]3CCC4=CC(=O)CCC4=C3[C@@H](c3ccc(N(C)C)cc3)C[C@@]21C. The van der Waals surface area contributed by atoms with Crippen molar-refractivity contribution in [1.29, 1.82) is 0 Å². The van der Waals surface area contributed by atoms with Crippen LogP contribution in [-0.4, -0.2) is 38.7 Å². The lowest BCUT2D eigenvalue weighted by atomic mass is 9.48. The van der Waals surface area contributed by atoms with E-state index in [-0.39, 0.29) is 29.4 Å². The molecule has 5 atom stereocenters. The normalized spacial score (nSPS) is 33.9. The molecule has 5 nitrogen and oxygen atoms in total. The maximum atomic E-state index is 13.3. The van der Waals surface area contributed by atoms with E-state index >= 15 is 0 Å². The number of allylic oxidation sites excluding steroid dienone is 4. The Hall–Kier alpha value is -2.69. The van der Waals surface area contributed by atoms with Crippen LogP contribution in [0, 0.1) is 22.7 Å². The molecule has 0 N–H and O–H groups in total. The number of nitrogens with zero attached hydrogens (tertiary/aromatic N) is 1. The van der Waals surface area contributed by atoms with Crippen LogP contribution in [0.15, 0.2) is 47.1 Å². The average molecular weight is 476 g/mol. The van der Waals surface area contributed by atoms with E-state index in [2.05, 4.69) is 36.1 Å².